The van der Waals surface area contributed by atoms with Crippen LogP contribution in [-0.2, 0) is 0 Å². The lowest BCUT2D eigenvalue weighted by atomic mass is 10.0. The van der Waals surface area contributed by atoms with Crippen LogP contribution in [0.25, 0.3) is 10.9 Å². The zero-order chi connectivity index (χ0) is 14.1. The van der Waals surface area contributed by atoms with Gasteiger partial charge in [0, 0.05) is 22.7 Å². The molecule has 0 saturated heterocycles. The highest BCUT2D eigenvalue weighted by Gasteiger charge is 2.16. The van der Waals surface area contributed by atoms with Crippen molar-refractivity contribution in [3.63, 3.8) is 0 Å². The summed E-state index contributed by atoms with van der Waals surface area (Å²) in [6, 6.07) is 12.1. The molecule has 0 fully saturated rings. The van der Waals surface area contributed by atoms with Crippen LogP contribution in [0.5, 0.6) is 0 Å². The van der Waals surface area contributed by atoms with Crippen LogP contribution in [0.1, 0.15) is 17.2 Å². The second kappa shape index (κ2) is 4.98. The van der Waals surface area contributed by atoms with E-state index in [0.29, 0.717) is 5.56 Å². The molecule has 0 saturated carbocycles. The van der Waals surface area contributed by atoms with E-state index < -0.39 is 17.7 Å². The number of hydrogen-bond acceptors (Lipinski definition) is 2. The van der Waals surface area contributed by atoms with Gasteiger partial charge in [-0.1, -0.05) is 18.2 Å². The number of aliphatic hydroxyl groups is 1. The zero-order valence-electron chi connectivity index (χ0n) is 10.4. The molecule has 100 valence electrons. The van der Waals surface area contributed by atoms with E-state index in [0.717, 1.165) is 29.1 Å². The minimum absolute atomic E-state index is 0.0953. The molecule has 1 aromatic heterocycles. The van der Waals surface area contributed by atoms with E-state index in [9.17, 15) is 13.9 Å². The first-order chi connectivity index (χ1) is 9.65. The lowest BCUT2D eigenvalue weighted by molar-refractivity contribution is 0.214. The van der Waals surface area contributed by atoms with Gasteiger partial charge in [-0.3, -0.25) is 4.98 Å². The van der Waals surface area contributed by atoms with Crippen LogP contribution in [0.15, 0.2) is 54.7 Å². The van der Waals surface area contributed by atoms with Crippen molar-refractivity contribution in [2.24, 2.45) is 0 Å². The highest BCUT2D eigenvalue weighted by Crippen LogP contribution is 2.26. The van der Waals surface area contributed by atoms with Crippen molar-refractivity contribution < 1.29 is 13.9 Å². The van der Waals surface area contributed by atoms with E-state index in [2.05, 4.69) is 4.98 Å². The number of aromatic nitrogens is 1. The molecule has 0 aliphatic rings. The maximum atomic E-state index is 13.7. The van der Waals surface area contributed by atoms with Crippen LogP contribution in [0.4, 0.5) is 8.78 Å². The van der Waals surface area contributed by atoms with E-state index in [1.165, 1.54) is 6.20 Å². The fraction of sp³-hybridized carbons (Fsp3) is 0.0625. The van der Waals surface area contributed by atoms with Crippen LogP contribution >= 0.6 is 0 Å². The third-order valence-corrected chi connectivity index (χ3v) is 3.18. The van der Waals surface area contributed by atoms with E-state index in [1.807, 2.05) is 24.3 Å². The van der Waals surface area contributed by atoms with Crippen molar-refractivity contribution in [2.45, 2.75) is 6.10 Å². The Morgan fingerprint density at radius 3 is 2.65 bits per heavy atom. The Labute approximate surface area is 114 Å². The fourth-order valence-electron chi connectivity index (χ4n) is 2.14. The number of benzene rings is 2. The van der Waals surface area contributed by atoms with Gasteiger partial charge in [0.2, 0.25) is 0 Å². The monoisotopic (exact) mass is 271 g/mol. The molecule has 2 aromatic carbocycles. The number of para-hydroxylation sites is 1. The van der Waals surface area contributed by atoms with Crippen molar-refractivity contribution in [3.05, 3.63) is 77.5 Å². The molecule has 1 atom stereocenters. The van der Waals surface area contributed by atoms with Crippen LogP contribution in [-0.4, -0.2) is 10.1 Å². The van der Waals surface area contributed by atoms with Crippen molar-refractivity contribution >= 4 is 10.9 Å². The number of pyridine rings is 1. The van der Waals surface area contributed by atoms with Crippen molar-refractivity contribution in [1.29, 1.82) is 0 Å². The number of aliphatic hydroxyl groups excluding tert-OH is 1. The maximum absolute atomic E-state index is 13.7. The topological polar surface area (TPSA) is 33.1 Å². The van der Waals surface area contributed by atoms with Gasteiger partial charge in [-0.15, -0.1) is 0 Å². The molecular formula is C16H11F2NO. The molecule has 0 bridgehead atoms. The Hall–Kier alpha value is -2.33. The summed E-state index contributed by atoms with van der Waals surface area (Å²) in [7, 11) is 0. The molecule has 0 spiro atoms. The first-order valence-electron chi connectivity index (χ1n) is 6.13. The van der Waals surface area contributed by atoms with Crippen LogP contribution < -0.4 is 0 Å². The van der Waals surface area contributed by atoms with Gasteiger partial charge in [0.25, 0.3) is 0 Å². The standard InChI is InChI=1S/C16H11F2NO/c17-12-5-6-14(18)13(8-12)16(20)11-7-10-3-1-2-4-15(10)19-9-11/h1-9,16,20H. The smallest absolute Gasteiger partial charge is 0.129 e. The lowest BCUT2D eigenvalue weighted by Crippen LogP contribution is -2.04. The number of halogens is 2. The van der Waals surface area contributed by atoms with Crippen LogP contribution in [0.2, 0.25) is 0 Å². The molecule has 4 heteroatoms. The molecule has 0 radical (unpaired) electrons. The number of fused-ring (bicyclic) bond motifs is 1. The minimum atomic E-state index is -1.25. The Balaban J connectivity index is 2.07. The molecule has 1 N–H and O–H groups in total. The first-order valence-corrected chi connectivity index (χ1v) is 6.13. The Morgan fingerprint density at radius 2 is 1.80 bits per heavy atom. The third-order valence-electron chi connectivity index (χ3n) is 3.18. The van der Waals surface area contributed by atoms with Crippen molar-refractivity contribution in [1.82, 2.24) is 4.98 Å². The van der Waals surface area contributed by atoms with Crippen LogP contribution in [0.3, 0.4) is 0 Å². The number of rotatable bonds is 2. The maximum Gasteiger partial charge on any atom is 0.129 e. The van der Waals surface area contributed by atoms with Crippen LogP contribution in [0, 0.1) is 11.6 Å². The second-order valence-electron chi connectivity index (χ2n) is 4.53. The second-order valence-corrected chi connectivity index (χ2v) is 4.53. The SMILES string of the molecule is OC(c1cnc2ccccc2c1)c1cc(F)ccc1F. The summed E-state index contributed by atoms with van der Waals surface area (Å²) in [4.78, 5) is 4.20. The Morgan fingerprint density at radius 1 is 1.00 bits per heavy atom. The molecule has 0 aliphatic heterocycles. The van der Waals surface area contributed by atoms with Gasteiger partial charge < -0.3 is 5.11 Å². The zero-order valence-corrected chi connectivity index (χ0v) is 10.4. The number of hydrogen-bond donors (Lipinski definition) is 1. The number of nitrogens with zero attached hydrogens (tertiary/aromatic N) is 1. The molecule has 3 rings (SSSR count). The van der Waals surface area contributed by atoms with Crippen molar-refractivity contribution in [2.75, 3.05) is 0 Å². The van der Waals surface area contributed by atoms with E-state index in [4.69, 9.17) is 0 Å². The summed E-state index contributed by atoms with van der Waals surface area (Å²) in [6.07, 6.45) is 0.222. The highest BCUT2D eigenvalue weighted by molar-refractivity contribution is 5.78. The summed E-state index contributed by atoms with van der Waals surface area (Å²) in [6.45, 7) is 0. The van der Waals surface area contributed by atoms with Gasteiger partial charge in [-0.25, -0.2) is 8.78 Å². The quantitative estimate of drug-likeness (QED) is 0.772. The predicted octanol–water partition coefficient (Wildman–Crippen LogP) is 3.59. The first kappa shape index (κ1) is 12.7. The van der Waals surface area contributed by atoms with Gasteiger partial charge in [0.05, 0.1) is 5.52 Å². The average Bonchev–Trinajstić information content (AvgIpc) is 2.48. The average molecular weight is 271 g/mol. The predicted molar refractivity (Wildman–Crippen MR) is 72.2 cm³/mol. The molecule has 1 unspecified atom stereocenters. The largest absolute Gasteiger partial charge is 0.383 e. The summed E-state index contributed by atoms with van der Waals surface area (Å²) in [5.41, 5.74) is 1.11. The molecule has 3 aromatic rings. The Bertz CT molecular complexity index is 773. The van der Waals surface area contributed by atoms with Gasteiger partial charge in [0.1, 0.15) is 17.7 Å². The third kappa shape index (κ3) is 2.26. The molecule has 20 heavy (non-hydrogen) atoms. The van der Waals surface area contributed by atoms with E-state index in [-0.39, 0.29) is 5.56 Å². The van der Waals surface area contributed by atoms with E-state index >= 15 is 0 Å². The molecule has 2 nitrogen and oxygen atoms in total. The molecule has 1 heterocycles. The van der Waals surface area contributed by atoms with Gasteiger partial charge >= 0.3 is 0 Å². The van der Waals surface area contributed by atoms with Crippen molar-refractivity contribution in [3.8, 4) is 0 Å². The highest BCUT2D eigenvalue weighted by atomic mass is 19.1. The summed E-state index contributed by atoms with van der Waals surface area (Å²) >= 11 is 0. The van der Waals surface area contributed by atoms with E-state index in [1.54, 1.807) is 6.07 Å². The van der Waals surface area contributed by atoms with Gasteiger partial charge in [0.15, 0.2) is 0 Å². The van der Waals surface area contributed by atoms with Gasteiger partial charge in [-0.2, -0.15) is 0 Å². The Kier molecular flexibility index (Phi) is 3.16. The summed E-state index contributed by atoms with van der Waals surface area (Å²) in [5.74, 6) is -1.23. The normalized spacial score (nSPS) is 12.6. The fourth-order valence-corrected chi connectivity index (χ4v) is 2.14. The lowest BCUT2D eigenvalue weighted by Gasteiger charge is -2.13. The molecule has 0 amide bonds. The van der Waals surface area contributed by atoms with Gasteiger partial charge in [-0.05, 0) is 30.3 Å². The molecular weight excluding hydrogens is 260 g/mol. The molecule has 0 aliphatic carbocycles. The summed E-state index contributed by atoms with van der Waals surface area (Å²) in [5, 5.41) is 11.0. The minimum Gasteiger partial charge on any atom is -0.383 e. The summed E-state index contributed by atoms with van der Waals surface area (Å²) < 4.78 is 26.9.